The first-order chi connectivity index (χ1) is 16.1. The second kappa shape index (κ2) is 7.60. The van der Waals surface area contributed by atoms with Gasteiger partial charge in [-0.05, 0) is 35.9 Å². The van der Waals surface area contributed by atoms with E-state index >= 15 is 0 Å². The van der Waals surface area contributed by atoms with E-state index in [-0.39, 0.29) is 11.7 Å². The number of halogens is 1. The summed E-state index contributed by atoms with van der Waals surface area (Å²) >= 11 is 3.59. The summed E-state index contributed by atoms with van der Waals surface area (Å²) in [6.07, 6.45) is 1.60. The number of benzene rings is 3. The Morgan fingerprint density at radius 2 is 1.88 bits per heavy atom. The van der Waals surface area contributed by atoms with Crippen molar-refractivity contribution in [3.8, 4) is 34.5 Å². The van der Waals surface area contributed by atoms with Gasteiger partial charge < -0.3 is 14.6 Å². The normalized spacial score (nSPS) is 14.4. The molecule has 0 aliphatic carbocycles. The van der Waals surface area contributed by atoms with E-state index < -0.39 is 0 Å². The molecule has 0 saturated carbocycles. The monoisotopic (exact) mass is 500 g/mol. The standard InChI is InChI=1S/C25H17BrN4O3/c1-32-16-9-6-14(7-10-16)21-18-11-8-15(31)12-20(18)33-25-22(21)24-28-23(29-30(24)13-27-25)17-4-2-3-5-19(17)26/h2-13,21,31H,1H3/t21-/m1/s1. The molecule has 1 N–H and O–H groups in total. The van der Waals surface area contributed by atoms with Gasteiger partial charge in [-0.25, -0.2) is 14.5 Å². The largest absolute Gasteiger partial charge is 0.508 e. The van der Waals surface area contributed by atoms with Crippen molar-refractivity contribution in [2.75, 3.05) is 7.11 Å². The van der Waals surface area contributed by atoms with E-state index in [1.807, 2.05) is 54.6 Å². The molecule has 0 radical (unpaired) electrons. The van der Waals surface area contributed by atoms with Gasteiger partial charge in [0.25, 0.3) is 0 Å². The molecular weight excluding hydrogens is 484 g/mol. The predicted molar refractivity (Wildman–Crippen MR) is 126 cm³/mol. The summed E-state index contributed by atoms with van der Waals surface area (Å²) in [4.78, 5) is 9.42. The van der Waals surface area contributed by atoms with Gasteiger partial charge in [0.2, 0.25) is 5.88 Å². The third-order valence-electron chi connectivity index (χ3n) is 5.75. The van der Waals surface area contributed by atoms with Crippen LogP contribution >= 0.6 is 15.9 Å². The molecule has 0 fully saturated rings. The van der Waals surface area contributed by atoms with E-state index in [2.05, 4.69) is 26.0 Å². The van der Waals surface area contributed by atoms with Crippen LogP contribution < -0.4 is 9.47 Å². The average Bonchev–Trinajstić information content (AvgIpc) is 3.27. The van der Waals surface area contributed by atoms with Crippen LogP contribution in [0.3, 0.4) is 0 Å². The van der Waals surface area contributed by atoms with Crippen molar-refractivity contribution in [3.63, 3.8) is 0 Å². The molecule has 8 heteroatoms. The maximum absolute atomic E-state index is 10.0. The molecule has 162 valence electrons. The fourth-order valence-corrected chi connectivity index (χ4v) is 4.66. The molecule has 1 aliphatic rings. The first-order valence-electron chi connectivity index (χ1n) is 10.3. The molecule has 7 nitrogen and oxygen atoms in total. The second-order valence-corrected chi connectivity index (χ2v) is 8.53. The van der Waals surface area contributed by atoms with Crippen molar-refractivity contribution in [1.29, 1.82) is 0 Å². The van der Waals surface area contributed by atoms with Gasteiger partial charge in [-0.3, -0.25) is 0 Å². The molecule has 0 saturated heterocycles. The number of ether oxygens (including phenoxy) is 2. The highest BCUT2D eigenvalue weighted by Crippen LogP contribution is 2.48. The van der Waals surface area contributed by atoms with E-state index in [0.717, 1.165) is 32.5 Å². The summed E-state index contributed by atoms with van der Waals surface area (Å²) in [5.41, 5.74) is 4.29. The van der Waals surface area contributed by atoms with Crippen LogP contribution in [0.15, 0.2) is 77.5 Å². The molecule has 3 heterocycles. The summed E-state index contributed by atoms with van der Waals surface area (Å²) in [6.45, 7) is 0. The Hall–Kier alpha value is -3.91. The quantitative estimate of drug-likeness (QED) is 0.342. The van der Waals surface area contributed by atoms with E-state index in [1.54, 1.807) is 30.1 Å². The Kier molecular flexibility index (Phi) is 4.55. The minimum Gasteiger partial charge on any atom is -0.508 e. The molecule has 33 heavy (non-hydrogen) atoms. The van der Waals surface area contributed by atoms with Crippen LogP contribution in [0, 0.1) is 0 Å². The van der Waals surface area contributed by atoms with Crippen LogP contribution in [0.5, 0.6) is 23.1 Å². The third-order valence-corrected chi connectivity index (χ3v) is 6.45. The zero-order chi connectivity index (χ0) is 22.5. The Morgan fingerprint density at radius 3 is 2.67 bits per heavy atom. The minimum atomic E-state index is -0.220. The number of aromatic nitrogens is 4. The zero-order valence-electron chi connectivity index (χ0n) is 17.4. The molecule has 1 atom stereocenters. The fourth-order valence-electron chi connectivity index (χ4n) is 4.20. The minimum absolute atomic E-state index is 0.130. The molecule has 0 bridgehead atoms. The number of phenols is 1. The summed E-state index contributed by atoms with van der Waals surface area (Å²) in [6, 6.07) is 20.9. The fraction of sp³-hybridized carbons (Fsp3) is 0.0800. The Balaban J connectivity index is 1.60. The maximum Gasteiger partial charge on any atom is 0.228 e. The first kappa shape index (κ1) is 19.8. The molecular formula is C25H17BrN4O3. The van der Waals surface area contributed by atoms with Crippen LogP contribution in [0.2, 0.25) is 0 Å². The van der Waals surface area contributed by atoms with Gasteiger partial charge in [0.05, 0.1) is 12.7 Å². The number of phenolic OH excluding ortho intramolecular Hbond substituents is 1. The van der Waals surface area contributed by atoms with E-state index in [1.165, 1.54) is 0 Å². The van der Waals surface area contributed by atoms with Gasteiger partial charge in [-0.1, -0.05) is 46.3 Å². The SMILES string of the molecule is COc1ccc([C@@H]2c3ccc(O)cc3Oc3ncn4nc(-c5ccccc5Br)nc4c32)cc1. The Labute approximate surface area is 197 Å². The number of hydrogen-bond acceptors (Lipinski definition) is 6. The van der Waals surface area contributed by atoms with Gasteiger partial charge in [0.15, 0.2) is 11.5 Å². The first-order valence-corrected chi connectivity index (χ1v) is 11.1. The van der Waals surface area contributed by atoms with Crippen LogP contribution in [-0.4, -0.2) is 31.8 Å². The lowest BCUT2D eigenvalue weighted by molar-refractivity contribution is 0.414. The van der Waals surface area contributed by atoms with Crippen LogP contribution in [0.1, 0.15) is 22.6 Å². The average molecular weight is 501 g/mol. The summed E-state index contributed by atoms with van der Waals surface area (Å²) in [5, 5.41) is 14.7. The number of aromatic hydroxyl groups is 1. The zero-order valence-corrected chi connectivity index (χ0v) is 19.0. The van der Waals surface area contributed by atoms with Crippen molar-refractivity contribution in [3.05, 3.63) is 94.2 Å². The molecule has 0 spiro atoms. The number of rotatable bonds is 3. The number of nitrogens with zero attached hydrogens (tertiary/aromatic N) is 4. The van der Waals surface area contributed by atoms with E-state index in [4.69, 9.17) is 14.5 Å². The summed E-state index contributed by atoms with van der Waals surface area (Å²) < 4.78 is 14.0. The number of fused-ring (bicyclic) bond motifs is 4. The lowest BCUT2D eigenvalue weighted by atomic mass is 9.84. The molecule has 1 aliphatic heterocycles. The lowest BCUT2D eigenvalue weighted by Crippen LogP contribution is -2.15. The lowest BCUT2D eigenvalue weighted by Gasteiger charge is -2.28. The van der Waals surface area contributed by atoms with Gasteiger partial charge >= 0.3 is 0 Å². The molecule has 5 aromatic rings. The van der Waals surface area contributed by atoms with Gasteiger partial charge in [0.1, 0.15) is 23.6 Å². The van der Waals surface area contributed by atoms with Crippen LogP contribution in [0.25, 0.3) is 17.0 Å². The van der Waals surface area contributed by atoms with Crippen molar-refractivity contribution >= 4 is 21.6 Å². The van der Waals surface area contributed by atoms with Crippen molar-refractivity contribution < 1.29 is 14.6 Å². The summed E-state index contributed by atoms with van der Waals surface area (Å²) in [5.74, 6) is 2.26. The number of methoxy groups -OCH3 is 1. The van der Waals surface area contributed by atoms with Crippen molar-refractivity contribution in [2.24, 2.45) is 0 Å². The molecule has 2 aromatic heterocycles. The molecule has 0 amide bonds. The third kappa shape index (κ3) is 3.22. The molecule has 0 unspecified atom stereocenters. The van der Waals surface area contributed by atoms with E-state index in [9.17, 15) is 5.11 Å². The highest BCUT2D eigenvalue weighted by Gasteiger charge is 2.33. The highest BCUT2D eigenvalue weighted by atomic mass is 79.9. The van der Waals surface area contributed by atoms with Gasteiger partial charge in [-0.15, -0.1) is 5.10 Å². The van der Waals surface area contributed by atoms with Crippen molar-refractivity contribution in [1.82, 2.24) is 19.6 Å². The van der Waals surface area contributed by atoms with Crippen LogP contribution in [-0.2, 0) is 0 Å². The van der Waals surface area contributed by atoms with Gasteiger partial charge in [-0.2, -0.15) is 0 Å². The molecule has 6 rings (SSSR count). The summed E-state index contributed by atoms with van der Waals surface area (Å²) in [7, 11) is 1.64. The van der Waals surface area contributed by atoms with Crippen LogP contribution in [0.4, 0.5) is 0 Å². The van der Waals surface area contributed by atoms with E-state index in [0.29, 0.717) is 23.1 Å². The molecule has 3 aromatic carbocycles. The van der Waals surface area contributed by atoms with Crippen molar-refractivity contribution in [2.45, 2.75) is 5.92 Å². The number of hydrogen-bond donors (Lipinski definition) is 1. The smallest absolute Gasteiger partial charge is 0.228 e. The maximum atomic E-state index is 10.0. The predicted octanol–water partition coefficient (Wildman–Crippen LogP) is 5.55. The van der Waals surface area contributed by atoms with Gasteiger partial charge in [0, 0.05) is 27.6 Å². The Bertz CT molecular complexity index is 1510. The highest BCUT2D eigenvalue weighted by molar-refractivity contribution is 9.10. The Morgan fingerprint density at radius 1 is 1.06 bits per heavy atom. The second-order valence-electron chi connectivity index (χ2n) is 7.68. The topological polar surface area (TPSA) is 81.8 Å².